The Labute approximate surface area is 158 Å². The Balaban J connectivity index is 1.61. The number of carbonyl (C=O) groups excluding carboxylic acids is 2. The van der Waals surface area contributed by atoms with Gasteiger partial charge in [0.05, 0.1) is 32.8 Å². The van der Waals surface area contributed by atoms with Crippen molar-refractivity contribution in [3.63, 3.8) is 0 Å². The maximum Gasteiger partial charge on any atom is 0.227 e. The van der Waals surface area contributed by atoms with E-state index in [0.29, 0.717) is 31.2 Å². The van der Waals surface area contributed by atoms with Crippen molar-refractivity contribution < 1.29 is 19.1 Å². The first-order valence-corrected chi connectivity index (χ1v) is 8.85. The number of hydrogen-bond acceptors (Lipinski definition) is 5. The van der Waals surface area contributed by atoms with Crippen molar-refractivity contribution >= 4 is 17.5 Å². The number of benzene rings is 1. The van der Waals surface area contributed by atoms with Gasteiger partial charge in [-0.2, -0.15) is 0 Å². The van der Waals surface area contributed by atoms with Crippen molar-refractivity contribution in [2.45, 2.75) is 18.9 Å². The highest BCUT2D eigenvalue weighted by Gasteiger charge is 2.29. The van der Waals surface area contributed by atoms with E-state index in [0.717, 1.165) is 5.56 Å². The third-order valence-electron chi connectivity index (χ3n) is 4.43. The first kappa shape index (κ1) is 18.8. The average Bonchev–Trinajstić information content (AvgIpc) is 2.69. The summed E-state index contributed by atoms with van der Waals surface area (Å²) in [6.45, 7) is 1.32. The van der Waals surface area contributed by atoms with Crippen LogP contribution in [-0.2, 0) is 20.7 Å². The van der Waals surface area contributed by atoms with Crippen LogP contribution in [0.5, 0.6) is 5.75 Å². The van der Waals surface area contributed by atoms with Crippen molar-refractivity contribution in [2.75, 3.05) is 32.2 Å². The second-order valence-corrected chi connectivity index (χ2v) is 6.33. The van der Waals surface area contributed by atoms with Gasteiger partial charge in [0.25, 0.3) is 0 Å². The second kappa shape index (κ2) is 9.14. The van der Waals surface area contributed by atoms with Gasteiger partial charge >= 0.3 is 0 Å². The standard InChI is InChI=1S/C20H23N3O4/c1-26-18-4-2-3-16(12-18)22-19(24)13-17-14-27-10-9-23(17)20(25)11-15-5-7-21-8-6-15/h2-8,12,17H,9-11,13-14H2,1H3,(H,22,24). The van der Waals surface area contributed by atoms with Crippen LogP contribution in [0.3, 0.4) is 0 Å². The molecule has 1 N–H and O–H groups in total. The van der Waals surface area contributed by atoms with Gasteiger partial charge in [-0.05, 0) is 29.8 Å². The van der Waals surface area contributed by atoms with Crippen LogP contribution >= 0.6 is 0 Å². The Morgan fingerprint density at radius 2 is 2.11 bits per heavy atom. The van der Waals surface area contributed by atoms with Gasteiger partial charge in [-0.1, -0.05) is 6.07 Å². The molecule has 7 heteroatoms. The lowest BCUT2D eigenvalue weighted by atomic mass is 10.1. The van der Waals surface area contributed by atoms with Crippen molar-refractivity contribution in [3.05, 3.63) is 54.4 Å². The van der Waals surface area contributed by atoms with Crippen LogP contribution in [0.1, 0.15) is 12.0 Å². The zero-order chi connectivity index (χ0) is 19.1. The molecular weight excluding hydrogens is 346 g/mol. The maximum absolute atomic E-state index is 12.7. The summed E-state index contributed by atoms with van der Waals surface area (Å²) in [5.41, 5.74) is 1.56. The molecule has 2 heterocycles. The lowest BCUT2D eigenvalue weighted by Gasteiger charge is -2.35. The van der Waals surface area contributed by atoms with Crippen LogP contribution in [0.4, 0.5) is 5.69 Å². The highest BCUT2D eigenvalue weighted by molar-refractivity contribution is 5.91. The first-order chi connectivity index (χ1) is 13.2. The molecule has 2 aromatic rings. The summed E-state index contributed by atoms with van der Waals surface area (Å²) >= 11 is 0. The molecule has 1 fully saturated rings. The van der Waals surface area contributed by atoms with Crippen LogP contribution in [-0.4, -0.2) is 54.6 Å². The fourth-order valence-corrected chi connectivity index (χ4v) is 3.06. The molecular formula is C20H23N3O4. The molecule has 1 unspecified atom stereocenters. The Bertz CT molecular complexity index is 782. The van der Waals surface area contributed by atoms with Crippen molar-refractivity contribution in [3.8, 4) is 5.75 Å². The zero-order valence-electron chi connectivity index (χ0n) is 15.3. The molecule has 1 aromatic heterocycles. The van der Waals surface area contributed by atoms with E-state index < -0.39 is 0 Å². The zero-order valence-corrected chi connectivity index (χ0v) is 15.3. The highest BCUT2D eigenvalue weighted by atomic mass is 16.5. The number of amides is 2. The predicted molar refractivity (Wildman–Crippen MR) is 101 cm³/mol. The van der Waals surface area contributed by atoms with Gasteiger partial charge in [0.1, 0.15) is 5.75 Å². The molecule has 3 rings (SSSR count). The van der Waals surface area contributed by atoms with Crippen LogP contribution in [0.2, 0.25) is 0 Å². The van der Waals surface area contributed by atoms with Crippen molar-refractivity contribution in [1.82, 2.24) is 9.88 Å². The lowest BCUT2D eigenvalue weighted by molar-refractivity contribution is -0.140. The Hall–Kier alpha value is -2.93. The number of nitrogens with zero attached hydrogens (tertiary/aromatic N) is 2. The van der Waals surface area contributed by atoms with E-state index in [4.69, 9.17) is 9.47 Å². The number of pyridine rings is 1. The summed E-state index contributed by atoms with van der Waals surface area (Å²) < 4.78 is 10.7. The largest absolute Gasteiger partial charge is 0.497 e. The number of nitrogens with one attached hydrogen (secondary N) is 1. The van der Waals surface area contributed by atoms with Gasteiger partial charge in [0, 0.05) is 37.1 Å². The summed E-state index contributed by atoms with van der Waals surface area (Å²) in [4.78, 5) is 30.9. The molecule has 0 aliphatic carbocycles. The summed E-state index contributed by atoms with van der Waals surface area (Å²) in [6, 6.07) is 10.5. The molecule has 1 aliphatic heterocycles. The van der Waals surface area contributed by atoms with Gasteiger partial charge in [0.2, 0.25) is 11.8 Å². The summed E-state index contributed by atoms with van der Waals surface area (Å²) in [5, 5.41) is 2.85. The highest BCUT2D eigenvalue weighted by Crippen LogP contribution is 2.18. The van der Waals surface area contributed by atoms with E-state index in [1.807, 2.05) is 24.3 Å². The van der Waals surface area contributed by atoms with E-state index in [9.17, 15) is 9.59 Å². The number of anilines is 1. The molecule has 7 nitrogen and oxygen atoms in total. The van der Waals surface area contributed by atoms with E-state index >= 15 is 0 Å². The molecule has 0 radical (unpaired) electrons. The Morgan fingerprint density at radius 1 is 1.30 bits per heavy atom. The van der Waals surface area contributed by atoms with Gasteiger partial charge < -0.3 is 19.7 Å². The molecule has 1 aliphatic rings. The molecule has 0 bridgehead atoms. The quantitative estimate of drug-likeness (QED) is 0.841. The number of rotatable bonds is 6. The van der Waals surface area contributed by atoms with Gasteiger partial charge in [-0.3, -0.25) is 14.6 Å². The summed E-state index contributed by atoms with van der Waals surface area (Å²) in [6.07, 6.45) is 3.80. The van der Waals surface area contributed by atoms with E-state index in [1.54, 1.807) is 36.5 Å². The van der Waals surface area contributed by atoms with Crippen LogP contribution in [0.15, 0.2) is 48.8 Å². The van der Waals surface area contributed by atoms with E-state index in [2.05, 4.69) is 10.3 Å². The maximum atomic E-state index is 12.7. The number of aromatic nitrogens is 1. The number of ether oxygens (including phenoxy) is 2. The minimum atomic E-state index is -0.279. The Kier molecular flexibility index (Phi) is 6.38. The average molecular weight is 369 g/mol. The minimum Gasteiger partial charge on any atom is -0.497 e. The van der Waals surface area contributed by atoms with E-state index in [1.165, 1.54) is 0 Å². The summed E-state index contributed by atoms with van der Waals surface area (Å²) in [7, 11) is 1.58. The molecule has 1 saturated heterocycles. The van der Waals surface area contributed by atoms with Crippen LogP contribution in [0.25, 0.3) is 0 Å². The fourth-order valence-electron chi connectivity index (χ4n) is 3.06. The van der Waals surface area contributed by atoms with E-state index in [-0.39, 0.29) is 30.7 Å². The molecule has 2 amide bonds. The molecule has 1 atom stereocenters. The van der Waals surface area contributed by atoms with Gasteiger partial charge in [-0.25, -0.2) is 0 Å². The minimum absolute atomic E-state index is 0.0105. The third-order valence-corrected chi connectivity index (χ3v) is 4.43. The fraction of sp³-hybridized carbons (Fsp3) is 0.350. The van der Waals surface area contributed by atoms with Crippen LogP contribution in [0, 0.1) is 0 Å². The number of carbonyl (C=O) groups is 2. The van der Waals surface area contributed by atoms with Gasteiger partial charge in [-0.15, -0.1) is 0 Å². The second-order valence-electron chi connectivity index (χ2n) is 6.33. The molecule has 1 aromatic carbocycles. The Morgan fingerprint density at radius 3 is 2.89 bits per heavy atom. The normalized spacial score (nSPS) is 16.6. The topological polar surface area (TPSA) is 80.8 Å². The lowest BCUT2D eigenvalue weighted by Crippen LogP contribution is -2.50. The first-order valence-electron chi connectivity index (χ1n) is 8.85. The number of morpholine rings is 1. The number of methoxy groups -OCH3 is 1. The predicted octanol–water partition coefficient (Wildman–Crippen LogP) is 1.89. The summed E-state index contributed by atoms with van der Waals surface area (Å²) in [5.74, 6) is 0.493. The number of hydrogen-bond donors (Lipinski definition) is 1. The van der Waals surface area contributed by atoms with Gasteiger partial charge in [0.15, 0.2) is 0 Å². The molecule has 142 valence electrons. The smallest absolute Gasteiger partial charge is 0.227 e. The molecule has 27 heavy (non-hydrogen) atoms. The van der Waals surface area contributed by atoms with Crippen molar-refractivity contribution in [2.24, 2.45) is 0 Å². The van der Waals surface area contributed by atoms with Crippen molar-refractivity contribution in [1.29, 1.82) is 0 Å². The van der Waals surface area contributed by atoms with Crippen LogP contribution < -0.4 is 10.1 Å². The SMILES string of the molecule is COc1cccc(NC(=O)CC2COCCN2C(=O)Cc2ccncc2)c1. The monoisotopic (exact) mass is 369 g/mol. The molecule has 0 saturated carbocycles. The third kappa shape index (κ3) is 5.27. The molecule has 0 spiro atoms.